The highest BCUT2D eigenvalue weighted by Gasteiger charge is 2.44. The van der Waals surface area contributed by atoms with E-state index in [1.54, 1.807) is 0 Å². The fourth-order valence-electron chi connectivity index (χ4n) is 3.91. The summed E-state index contributed by atoms with van der Waals surface area (Å²) >= 11 is 7.58. The highest BCUT2D eigenvalue weighted by Crippen LogP contribution is 2.45. The van der Waals surface area contributed by atoms with E-state index in [1.807, 2.05) is 23.6 Å². The van der Waals surface area contributed by atoms with Crippen molar-refractivity contribution < 1.29 is 0 Å². The van der Waals surface area contributed by atoms with Crippen LogP contribution in [0.2, 0.25) is 0 Å². The average Bonchev–Trinajstić information content (AvgIpc) is 3.28. The quantitative estimate of drug-likeness (QED) is 0.838. The standard InChI is InChI=1S/C18H21N3S2/c1-12-9-11-23-17(12)16-15(14-8-4-5-10-19-14)20-18(22)21(16)13-6-2-3-7-13/h4-5,8-11,13,15-16H,2-3,6-7H2,1H3,(H,20,22)/t15-,16-/m0/s1. The van der Waals surface area contributed by atoms with Crippen LogP contribution >= 0.6 is 23.6 Å². The van der Waals surface area contributed by atoms with Gasteiger partial charge < -0.3 is 10.2 Å². The van der Waals surface area contributed by atoms with Gasteiger partial charge in [0.2, 0.25) is 0 Å². The first-order valence-electron chi connectivity index (χ1n) is 8.29. The molecule has 5 heteroatoms. The van der Waals surface area contributed by atoms with Crippen LogP contribution in [0, 0.1) is 6.92 Å². The van der Waals surface area contributed by atoms with Crippen molar-refractivity contribution in [3.63, 3.8) is 0 Å². The molecule has 4 rings (SSSR count). The Labute approximate surface area is 146 Å². The Morgan fingerprint density at radius 1 is 1.26 bits per heavy atom. The van der Waals surface area contributed by atoms with E-state index in [0.717, 1.165) is 10.8 Å². The largest absolute Gasteiger partial charge is 0.352 e. The van der Waals surface area contributed by atoms with E-state index in [0.29, 0.717) is 6.04 Å². The van der Waals surface area contributed by atoms with Crippen molar-refractivity contribution in [2.45, 2.75) is 50.7 Å². The summed E-state index contributed by atoms with van der Waals surface area (Å²) in [6.45, 7) is 2.20. The van der Waals surface area contributed by atoms with E-state index in [2.05, 4.69) is 45.7 Å². The number of thiocarbonyl (C=S) groups is 1. The van der Waals surface area contributed by atoms with Gasteiger partial charge in [0.1, 0.15) is 0 Å². The molecule has 2 fully saturated rings. The summed E-state index contributed by atoms with van der Waals surface area (Å²) in [4.78, 5) is 8.49. The van der Waals surface area contributed by atoms with Crippen molar-refractivity contribution in [3.05, 3.63) is 52.0 Å². The molecule has 0 spiro atoms. The van der Waals surface area contributed by atoms with Crippen molar-refractivity contribution in [1.82, 2.24) is 15.2 Å². The van der Waals surface area contributed by atoms with Gasteiger partial charge >= 0.3 is 0 Å². The molecule has 1 aliphatic heterocycles. The van der Waals surface area contributed by atoms with Crippen LogP contribution in [-0.4, -0.2) is 21.0 Å². The lowest BCUT2D eigenvalue weighted by molar-refractivity contribution is 0.248. The lowest BCUT2D eigenvalue weighted by atomic mass is 9.99. The zero-order valence-electron chi connectivity index (χ0n) is 13.2. The topological polar surface area (TPSA) is 28.2 Å². The van der Waals surface area contributed by atoms with Gasteiger partial charge in [-0.15, -0.1) is 11.3 Å². The molecule has 3 heterocycles. The number of nitrogens with zero attached hydrogens (tertiary/aromatic N) is 2. The predicted molar refractivity (Wildman–Crippen MR) is 98.6 cm³/mol. The van der Waals surface area contributed by atoms with E-state index in [1.165, 1.54) is 36.1 Å². The maximum Gasteiger partial charge on any atom is 0.170 e. The number of thiophene rings is 1. The summed E-state index contributed by atoms with van der Waals surface area (Å²) in [7, 11) is 0. The monoisotopic (exact) mass is 343 g/mol. The first-order chi connectivity index (χ1) is 11.3. The van der Waals surface area contributed by atoms with Crippen LogP contribution in [0.5, 0.6) is 0 Å². The van der Waals surface area contributed by atoms with Gasteiger partial charge in [0, 0.05) is 17.1 Å². The maximum atomic E-state index is 5.74. The number of hydrogen-bond donors (Lipinski definition) is 1. The Morgan fingerprint density at radius 2 is 2.09 bits per heavy atom. The van der Waals surface area contributed by atoms with Gasteiger partial charge in [-0.2, -0.15) is 0 Å². The van der Waals surface area contributed by atoms with Gasteiger partial charge in [-0.25, -0.2) is 0 Å². The minimum atomic E-state index is 0.140. The fraction of sp³-hybridized carbons (Fsp3) is 0.444. The molecular weight excluding hydrogens is 322 g/mol. The SMILES string of the molecule is Cc1ccsc1[C@@H]1[C@H](c2ccccn2)NC(=S)N1C1CCCC1. The van der Waals surface area contributed by atoms with Crippen LogP contribution in [-0.2, 0) is 0 Å². The fourth-order valence-corrected chi connectivity index (χ4v) is 5.36. The van der Waals surface area contributed by atoms with Gasteiger partial charge in [0.05, 0.1) is 17.8 Å². The Kier molecular flexibility index (Phi) is 4.07. The van der Waals surface area contributed by atoms with Gasteiger partial charge in [-0.3, -0.25) is 4.98 Å². The molecule has 2 aromatic heterocycles. The second-order valence-electron chi connectivity index (χ2n) is 6.44. The lowest BCUT2D eigenvalue weighted by Gasteiger charge is -2.32. The molecule has 3 nitrogen and oxygen atoms in total. The van der Waals surface area contributed by atoms with Crippen LogP contribution in [0.15, 0.2) is 35.8 Å². The molecule has 23 heavy (non-hydrogen) atoms. The second kappa shape index (κ2) is 6.21. The van der Waals surface area contributed by atoms with E-state index in [9.17, 15) is 0 Å². The number of nitrogens with one attached hydrogen (secondary N) is 1. The first-order valence-corrected chi connectivity index (χ1v) is 9.58. The van der Waals surface area contributed by atoms with E-state index >= 15 is 0 Å². The van der Waals surface area contributed by atoms with Crippen molar-refractivity contribution in [2.24, 2.45) is 0 Å². The molecule has 1 saturated heterocycles. The van der Waals surface area contributed by atoms with Crippen molar-refractivity contribution in [3.8, 4) is 0 Å². The Balaban J connectivity index is 1.77. The molecule has 1 aliphatic carbocycles. The van der Waals surface area contributed by atoms with Gasteiger partial charge in [0.25, 0.3) is 0 Å². The van der Waals surface area contributed by atoms with Crippen LogP contribution < -0.4 is 5.32 Å². The summed E-state index contributed by atoms with van der Waals surface area (Å²) in [6, 6.07) is 9.32. The summed E-state index contributed by atoms with van der Waals surface area (Å²) < 4.78 is 0. The molecule has 2 aliphatic rings. The second-order valence-corrected chi connectivity index (χ2v) is 7.77. The molecule has 0 bridgehead atoms. The third kappa shape index (κ3) is 2.66. The molecule has 2 atom stereocenters. The molecule has 0 amide bonds. The number of pyridine rings is 1. The predicted octanol–water partition coefficient (Wildman–Crippen LogP) is 4.37. The minimum Gasteiger partial charge on any atom is -0.352 e. The zero-order chi connectivity index (χ0) is 15.8. The van der Waals surface area contributed by atoms with Crippen LogP contribution in [0.25, 0.3) is 0 Å². The van der Waals surface area contributed by atoms with Crippen molar-refractivity contribution in [2.75, 3.05) is 0 Å². The van der Waals surface area contributed by atoms with E-state index in [4.69, 9.17) is 12.2 Å². The first kappa shape index (κ1) is 15.1. The highest BCUT2D eigenvalue weighted by atomic mass is 32.1. The van der Waals surface area contributed by atoms with Crippen molar-refractivity contribution in [1.29, 1.82) is 0 Å². The third-order valence-electron chi connectivity index (χ3n) is 5.02. The van der Waals surface area contributed by atoms with Crippen LogP contribution in [0.4, 0.5) is 0 Å². The number of aromatic nitrogens is 1. The maximum absolute atomic E-state index is 5.74. The Bertz CT molecular complexity index is 691. The Hall–Kier alpha value is -1.46. The number of rotatable bonds is 3. The van der Waals surface area contributed by atoms with Crippen molar-refractivity contribution >= 4 is 28.7 Å². The number of hydrogen-bond acceptors (Lipinski definition) is 3. The summed E-state index contributed by atoms with van der Waals surface area (Å²) in [5, 5.41) is 6.65. The molecular formula is C18H21N3S2. The molecule has 1 N–H and O–H groups in total. The molecule has 2 aromatic rings. The molecule has 0 radical (unpaired) electrons. The highest BCUT2D eigenvalue weighted by molar-refractivity contribution is 7.80. The number of aryl methyl sites for hydroxylation is 1. The normalized spacial score (nSPS) is 25.1. The lowest BCUT2D eigenvalue weighted by Crippen LogP contribution is -2.37. The summed E-state index contributed by atoms with van der Waals surface area (Å²) in [5.41, 5.74) is 2.43. The molecule has 1 saturated carbocycles. The van der Waals surface area contributed by atoms with Crippen LogP contribution in [0.3, 0.4) is 0 Å². The van der Waals surface area contributed by atoms with Crippen LogP contribution in [0.1, 0.15) is 53.9 Å². The third-order valence-corrected chi connectivity index (χ3v) is 6.44. The minimum absolute atomic E-state index is 0.140. The van der Waals surface area contributed by atoms with E-state index < -0.39 is 0 Å². The molecule has 0 aromatic carbocycles. The van der Waals surface area contributed by atoms with Gasteiger partial charge in [-0.1, -0.05) is 18.9 Å². The zero-order valence-corrected chi connectivity index (χ0v) is 14.9. The summed E-state index contributed by atoms with van der Waals surface area (Å²) in [6.07, 6.45) is 6.99. The molecule has 120 valence electrons. The van der Waals surface area contributed by atoms with E-state index in [-0.39, 0.29) is 12.1 Å². The Morgan fingerprint density at radius 3 is 2.74 bits per heavy atom. The average molecular weight is 344 g/mol. The molecule has 0 unspecified atom stereocenters. The smallest absolute Gasteiger partial charge is 0.170 e. The van der Waals surface area contributed by atoms with Gasteiger partial charge in [0.15, 0.2) is 5.11 Å². The summed E-state index contributed by atoms with van der Waals surface area (Å²) in [5.74, 6) is 0. The van der Waals surface area contributed by atoms with Gasteiger partial charge in [-0.05, 0) is 61.1 Å².